The lowest BCUT2D eigenvalue weighted by Crippen LogP contribution is -2.48. The molecule has 2 aliphatic rings. The average molecular weight is 660 g/mol. The number of hydrogen-bond acceptors (Lipinski definition) is 4. The molecule has 1 saturated carbocycles. The summed E-state index contributed by atoms with van der Waals surface area (Å²) in [5, 5.41) is 28.5. The summed E-state index contributed by atoms with van der Waals surface area (Å²) in [6, 6.07) is 21.8. The number of likely N-dealkylation sites (tertiary alicyclic amines) is 1. The van der Waals surface area contributed by atoms with Gasteiger partial charge < -0.3 is 25.7 Å². The number of amides is 2. The molecule has 5 rings (SSSR count). The van der Waals surface area contributed by atoms with E-state index in [9.17, 15) is 14.7 Å². The molecule has 1 heterocycles. The van der Waals surface area contributed by atoms with Gasteiger partial charge in [0.2, 0.25) is 0 Å². The van der Waals surface area contributed by atoms with Crippen LogP contribution in [0.4, 0.5) is 4.79 Å². The third kappa shape index (κ3) is 8.95. The number of halogens is 1. The van der Waals surface area contributed by atoms with E-state index in [1.165, 1.54) is 43.2 Å². The molecule has 0 radical (unpaired) electrons. The standard InChI is InChI=1S/C39H50ClN3O4/c1-2-28-12-6-13-32(24-28)36-34(15-7-16-35(36)40)39(47,21-9-22-42-38(45)46)33-14-8-23-43(27-33)37(44)31-19-17-30(18-20-31)26-41-25-29-10-4-3-5-11-29/h6-7,12-13,15-20,24,29,33,41-42,47H,2-5,8-11,14,21-23,25-27H2,1H3,(H,45,46)/t33-,39+/m1/s1. The van der Waals surface area contributed by atoms with E-state index in [-0.39, 0.29) is 18.4 Å². The molecule has 252 valence electrons. The van der Waals surface area contributed by atoms with Gasteiger partial charge in [-0.05, 0) is 97.9 Å². The van der Waals surface area contributed by atoms with Crippen molar-refractivity contribution < 1.29 is 19.8 Å². The predicted molar refractivity (Wildman–Crippen MR) is 189 cm³/mol. The number of carbonyl (C=O) groups is 2. The van der Waals surface area contributed by atoms with Crippen molar-refractivity contribution in [2.75, 3.05) is 26.2 Å². The van der Waals surface area contributed by atoms with E-state index < -0.39 is 11.7 Å². The van der Waals surface area contributed by atoms with Crippen LogP contribution >= 0.6 is 11.6 Å². The Morgan fingerprint density at radius 2 is 1.72 bits per heavy atom. The summed E-state index contributed by atoms with van der Waals surface area (Å²) in [5.41, 5.74) is 4.09. The van der Waals surface area contributed by atoms with Crippen LogP contribution in [0.25, 0.3) is 11.1 Å². The largest absolute Gasteiger partial charge is 0.465 e. The number of carbonyl (C=O) groups excluding carboxylic acids is 1. The van der Waals surface area contributed by atoms with Gasteiger partial charge in [0.05, 0.1) is 5.60 Å². The first-order valence-corrected chi connectivity index (χ1v) is 17.8. The Labute approximate surface area is 284 Å². The average Bonchev–Trinajstić information content (AvgIpc) is 3.10. The van der Waals surface area contributed by atoms with Crippen LogP contribution in [-0.4, -0.2) is 53.3 Å². The molecule has 7 nitrogen and oxygen atoms in total. The Hall–Kier alpha value is -3.39. The van der Waals surface area contributed by atoms with Gasteiger partial charge in [0, 0.05) is 48.2 Å². The van der Waals surface area contributed by atoms with Crippen molar-refractivity contribution in [3.63, 3.8) is 0 Å². The van der Waals surface area contributed by atoms with Gasteiger partial charge in [0.1, 0.15) is 0 Å². The van der Waals surface area contributed by atoms with Gasteiger partial charge in [-0.2, -0.15) is 0 Å². The Morgan fingerprint density at radius 1 is 0.957 bits per heavy atom. The number of piperidine rings is 1. The molecule has 1 saturated heterocycles. The molecule has 4 N–H and O–H groups in total. The first-order chi connectivity index (χ1) is 22.8. The van der Waals surface area contributed by atoms with E-state index >= 15 is 0 Å². The normalized spacial score (nSPS) is 18.4. The number of nitrogens with one attached hydrogen (secondary N) is 2. The van der Waals surface area contributed by atoms with E-state index in [1.807, 2.05) is 59.5 Å². The molecule has 0 spiro atoms. The summed E-state index contributed by atoms with van der Waals surface area (Å²) < 4.78 is 0. The van der Waals surface area contributed by atoms with Gasteiger partial charge in [0.25, 0.3) is 5.91 Å². The van der Waals surface area contributed by atoms with Gasteiger partial charge in [-0.15, -0.1) is 0 Å². The first kappa shape index (κ1) is 34.9. The molecule has 3 aromatic rings. The lowest BCUT2D eigenvalue weighted by atomic mass is 9.72. The molecular formula is C39H50ClN3O4. The van der Waals surface area contributed by atoms with Crippen LogP contribution in [0.1, 0.15) is 91.8 Å². The number of benzene rings is 3. The quantitative estimate of drug-likeness (QED) is 0.139. The summed E-state index contributed by atoms with van der Waals surface area (Å²) in [5.74, 6) is 0.473. The zero-order valence-electron chi connectivity index (χ0n) is 27.6. The summed E-state index contributed by atoms with van der Waals surface area (Å²) in [6.07, 6.45) is 8.71. The highest BCUT2D eigenvalue weighted by Crippen LogP contribution is 2.45. The van der Waals surface area contributed by atoms with Gasteiger partial charge in [-0.3, -0.25) is 4.79 Å². The van der Waals surface area contributed by atoms with Gasteiger partial charge in [-0.25, -0.2) is 4.79 Å². The van der Waals surface area contributed by atoms with Crippen LogP contribution in [-0.2, 0) is 18.6 Å². The predicted octanol–water partition coefficient (Wildman–Crippen LogP) is 8.03. The molecule has 2 atom stereocenters. The van der Waals surface area contributed by atoms with E-state index in [0.29, 0.717) is 36.5 Å². The maximum atomic E-state index is 13.8. The smallest absolute Gasteiger partial charge is 0.404 e. The summed E-state index contributed by atoms with van der Waals surface area (Å²) in [6.45, 7) is 5.18. The second-order valence-electron chi connectivity index (χ2n) is 13.4. The molecule has 47 heavy (non-hydrogen) atoms. The van der Waals surface area contributed by atoms with Crippen LogP contribution in [0, 0.1) is 11.8 Å². The minimum Gasteiger partial charge on any atom is -0.465 e. The third-order valence-electron chi connectivity index (χ3n) is 10.2. The first-order valence-electron chi connectivity index (χ1n) is 17.4. The van der Waals surface area contributed by atoms with Crippen molar-refractivity contribution in [3.05, 3.63) is 94.0 Å². The van der Waals surface area contributed by atoms with Crippen molar-refractivity contribution in [1.82, 2.24) is 15.5 Å². The molecule has 3 aromatic carbocycles. The van der Waals surface area contributed by atoms with Gasteiger partial charge in [-0.1, -0.05) is 86.3 Å². The van der Waals surface area contributed by atoms with Crippen LogP contribution < -0.4 is 10.6 Å². The monoisotopic (exact) mass is 659 g/mol. The van der Waals surface area contributed by atoms with Crippen LogP contribution in [0.15, 0.2) is 66.7 Å². The lowest BCUT2D eigenvalue weighted by Gasteiger charge is -2.44. The molecular weight excluding hydrogens is 610 g/mol. The zero-order chi connectivity index (χ0) is 33.2. The number of carboxylic acid groups (broad SMARTS) is 1. The molecule has 1 aliphatic heterocycles. The van der Waals surface area contributed by atoms with Crippen molar-refractivity contribution in [2.24, 2.45) is 11.8 Å². The Kier molecular flexibility index (Phi) is 12.4. The van der Waals surface area contributed by atoms with Crippen molar-refractivity contribution >= 4 is 23.6 Å². The van der Waals surface area contributed by atoms with Crippen LogP contribution in [0.2, 0.25) is 5.02 Å². The third-order valence-corrected chi connectivity index (χ3v) is 10.5. The number of hydrogen-bond donors (Lipinski definition) is 4. The molecule has 0 aromatic heterocycles. The fourth-order valence-corrected chi connectivity index (χ4v) is 7.83. The van der Waals surface area contributed by atoms with Crippen LogP contribution in [0.5, 0.6) is 0 Å². The van der Waals surface area contributed by atoms with E-state index in [0.717, 1.165) is 55.0 Å². The topological polar surface area (TPSA) is 102 Å². The Morgan fingerprint density at radius 3 is 2.47 bits per heavy atom. The van der Waals surface area contributed by atoms with E-state index in [1.54, 1.807) is 0 Å². The Bertz CT molecular complexity index is 1490. The summed E-state index contributed by atoms with van der Waals surface area (Å²) in [4.78, 5) is 26.9. The highest BCUT2D eigenvalue weighted by Gasteiger charge is 2.43. The second kappa shape index (κ2) is 16.6. The molecule has 0 bridgehead atoms. The minimum absolute atomic E-state index is 0.0340. The summed E-state index contributed by atoms with van der Waals surface area (Å²) in [7, 11) is 0. The van der Waals surface area contributed by atoms with E-state index in [2.05, 4.69) is 29.7 Å². The van der Waals surface area contributed by atoms with Gasteiger partial charge >= 0.3 is 6.09 Å². The van der Waals surface area contributed by atoms with Crippen LogP contribution in [0.3, 0.4) is 0 Å². The molecule has 8 heteroatoms. The van der Waals surface area contributed by atoms with Crippen molar-refractivity contribution in [2.45, 2.75) is 83.3 Å². The fraction of sp³-hybridized carbons (Fsp3) is 0.487. The minimum atomic E-state index is -1.34. The maximum Gasteiger partial charge on any atom is 0.404 e. The SMILES string of the molecule is CCc1cccc(-c2c(Cl)cccc2[C@](O)(CCCNC(=O)O)[C@@H]2CCCN(C(=O)c3ccc(CNCC4CCCCC4)cc3)C2)c1. The maximum absolute atomic E-state index is 13.8. The number of aryl methyl sites for hydroxylation is 1. The summed E-state index contributed by atoms with van der Waals surface area (Å²) >= 11 is 6.88. The number of rotatable bonds is 13. The second-order valence-corrected chi connectivity index (χ2v) is 13.8. The zero-order valence-corrected chi connectivity index (χ0v) is 28.4. The highest BCUT2D eigenvalue weighted by atomic mass is 35.5. The molecule has 1 aliphatic carbocycles. The van der Waals surface area contributed by atoms with E-state index in [4.69, 9.17) is 16.7 Å². The number of aliphatic hydroxyl groups is 1. The van der Waals surface area contributed by atoms with Crippen molar-refractivity contribution in [3.8, 4) is 11.1 Å². The molecule has 2 amide bonds. The Balaban J connectivity index is 1.35. The molecule has 0 unspecified atom stereocenters. The van der Waals surface area contributed by atoms with Gasteiger partial charge in [0.15, 0.2) is 0 Å². The lowest BCUT2D eigenvalue weighted by molar-refractivity contribution is -0.0563. The fourth-order valence-electron chi connectivity index (χ4n) is 7.55. The highest BCUT2D eigenvalue weighted by molar-refractivity contribution is 6.33. The number of nitrogens with zero attached hydrogens (tertiary/aromatic N) is 1. The molecule has 2 fully saturated rings. The van der Waals surface area contributed by atoms with Crippen molar-refractivity contribution in [1.29, 1.82) is 0 Å².